The van der Waals surface area contributed by atoms with Crippen molar-refractivity contribution in [3.8, 4) is 0 Å². The lowest BCUT2D eigenvalue weighted by atomic mass is 10.2. The summed E-state index contributed by atoms with van der Waals surface area (Å²) in [4.78, 5) is 8.39. The zero-order chi connectivity index (χ0) is 9.84. The molecule has 0 unspecified atom stereocenters. The molecule has 0 atom stereocenters. The van der Waals surface area contributed by atoms with Gasteiger partial charge in [-0.05, 0) is 20.3 Å². The molecule has 1 rings (SSSR count). The monoisotopic (exact) mass is 179 g/mol. The molecule has 1 heterocycles. The molecule has 0 saturated heterocycles. The van der Waals surface area contributed by atoms with Crippen LogP contribution in [-0.2, 0) is 6.42 Å². The van der Waals surface area contributed by atoms with Gasteiger partial charge in [-0.1, -0.05) is 6.92 Å². The van der Waals surface area contributed by atoms with Crippen LogP contribution in [0.25, 0.3) is 0 Å². The van der Waals surface area contributed by atoms with Crippen molar-refractivity contribution in [3.63, 3.8) is 0 Å². The standard InChI is InChI=1S/C10H17N3/c1-5-9-10(6-11-4)13(7-12-9)8(2)3/h6-8H,5H2,1-4H3. The first-order chi connectivity index (χ1) is 6.20. The van der Waals surface area contributed by atoms with Gasteiger partial charge in [-0.2, -0.15) is 0 Å². The Morgan fingerprint density at radius 2 is 2.31 bits per heavy atom. The number of aromatic nitrogens is 2. The van der Waals surface area contributed by atoms with Crippen LogP contribution in [0.1, 0.15) is 38.2 Å². The highest BCUT2D eigenvalue weighted by molar-refractivity contribution is 5.78. The number of rotatable bonds is 3. The molecular weight excluding hydrogens is 162 g/mol. The Bertz CT molecular complexity index is 297. The van der Waals surface area contributed by atoms with Gasteiger partial charge in [0.25, 0.3) is 0 Å². The summed E-state index contributed by atoms with van der Waals surface area (Å²) in [6.07, 6.45) is 4.73. The molecule has 3 nitrogen and oxygen atoms in total. The van der Waals surface area contributed by atoms with E-state index in [1.165, 1.54) is 0 Å². The van der Waals surface area contributed by atoms with Crippen LogP contribution in [-0.4, -0.2) is 22.8 Å². The van der Waals surface area contributed by atoms with Crippen LogP contribution in [0.3, 0.4) is 0 Å². The highest BCUT2D eigenvalue weighted by atomic mass is 15.1. The van der Waals surface area contributed by atoms with Crippen LogP contribution in [0.15, 0.2) is 11.3 Å². The second-order valence-electron chi connectivity index (χ2n) is 3.32. The average Bonchev–Trinajstić information content (AvgIpc) is 2.48. The molecule has 1 aromatic heterocycles. The number of hydrogen-bond donors (Lipinski definition) is 0. The third-order valence-corrected chi connectivity index (χ3v) is 2.05. The molecule has 0 N–H and O–H groups in total. The maximum absolute atomic E-state index is 4.35. The van der Waals surface area contributed by atoms with Crippen molar-refractivity contribution >= 4 is 6.21 Å². The minimum Gasteiger partial charge on any atom is -0.327 e. The molecule has 0 aliphatic rings. The Kier molecular flexibility index (Phi) is 3.23. The SMILES string of the molecule is CCc1ncn(C(C)C)c1C=NC. The highest BCUT2D eigenvalue weighted by Gasteiger charge is 2.08. The quantitative estimate of drug-likeness (QED) is 0.653. The molecule has 0 spiro atoms. The maximum atomic E-state index is 4.35. The summed E-state index contributed by atoms with van der Waals surface area (Å²) in [5, 5.41) is 0. The Balaban J connectivity index is 3.13. The number of imidazole rings is 1. The van der Waals surface area contributed by atoms with Crippen LogP contribution in [0.4, 0.5) is 0 Å². The molecule has 0 aliphatic carbocycles. The van der Waals surface area contributed by atoms with Crippen molar-refractivity contribution in [2.75, 3.05) is 7.05 Å². The first-order valence-corrected chi connectivity index (χ1v) is 4.68. The lowest BCUT2D eigenvalue weighted by Gasteiger charge is -2.09. The van der Waals surface area contributed by atoms with Crippen LogP contribution in [0.5, 0.6) is 0 Å². The Hall–Kier alpha value is -1.12. The maximum Gasteiger partial charge on any atom is 0.0957 e. The lowest BCUT2D eigenvalue weighted by molar-refractivity contribution is 0.596. The van der Waals surface area contributed by atoms with Gasteiger partial charge < -0.3 is 4.57 Å². The number of aliphatic imine (C=N–C) groups is 1. The van der Waals surface area contributed by atoms with Gasteiger partial charge in [0.15, 0.2) is 0 Å². The van der Waals surface area contributed by atoms with Crippen molar-refractivity contribution in [2.45, 2.75) is 33.2 Å². The van der Waals surface area contributed by atoms with E-state index in [1.807, 2.05) is 12.5 Å². The summed E-state index contributed by atoms with van der Waals surface area (Å²) in [5.74, 6) is 0. The molecule has 0 radical (unpaired) electrons. The van der Waals surface area contributed by atoms with Crippen LogP contribution >= 0.6 is 0 Å². The minimum atomic E-state index is 0.445. The fraction of sp³-hybridized carbons (Fsp3) is 0.600. The zero-order valence-electron chi connectivity index (χ0n) is 8.78. The summed E-state index contributed by atoms with van der Waals surface area (Å²) < 4.78 is 2.14. The van der Waals surface area contributed by atoms with Gasteiger partial charge in [0.05, 0.1) is 17.7 Å². The molecule has 0 amide bonds. The highest BCUT2D eigenvalue weighted by Crippen LogP contribution is 2.12. The van der Waals surface area contributed by atoms with E-state index in [-0.39, 0.29) is 0 Å². The largest absolute Gasteiger partial charge is 0.327 e. The Labute approximate surface area is 79.5 Å². The first kappa shape index (κ1) is 9.96. The molecule has 0 bridgehead atoms. The third kappa shape index (κ3) is 1.97. The smallest absolute Gasteiger partial charge is 0.0957 e. The van der Waals surface area contributed by atoms with E-state index in [1.54, 1.807) is 7.05 Å². The van der Waals surface area contributed by atoms with Crippen molar-refractivity contribution in [1.29, 1.82) is 0 Å². The molecule has 0 saturated carbocycles. The fourth-order valence-electron chi connectivity index (χ4n) is 1.36. The van der Waals surface area contributed by atoms with Crippen molar-refractivity contribution in [1.82, 2.24) is 9.55 Å². The fourth-order valence-corrected chi connectivity index (χ4v) is 1.36. The topological polar surface area (TPSA) is 30.2 Å². The molecule has 0 aromatic carbocycles. The molecule has 0 fully saturated rings. The van der Waals surface area contributed by atoms with Gasteiger partial charge >= 0.3 is 0 Å². The van der Waals surface area contributed by atoms with E-state index >= 15 is 0 Å². The van der Waals surface area contributed by atoms with Crippen LogP contribution < -0.4 is 0 Å². The van der Waals surface area contributed by atoms with E-state index in [0.717, 1.165) is 17.8 Å². The Morgan fingerprint density at radius 1 is 1.62 bits per heavy atom. The van der Waals surface area contributed by atoms with E-state index in [4.69, 9.17) is 0 Å². The normalized spacial score (nSPS) is 11.8. The minimum absolute atomic E-state index is 0.445. The second kappa shape index (κ2) is 4.21. The van der Waals surface area contributed by atoms with Gasteiger partial charge in [0, 0.05) is 19.3 Å². The number of nitrogens with zero attached hydrogens (tertiary/aromatic N) is 3. The van der Waals surface area contributed by atoms with Gasteiger partial charge in [0.2, 0.25) is 0 Å². The summed E-state index contributed by atoms with van der Waals surface area (Å²) in [7, 11) is 1.79. The lowest BCUT2D eigenvalue weighted by Crippen LogP contribution is -2.05. The number of hydrogen-bond acceptors (Lipinski definition) is 2. The Morgan fingerprint density at radius 3 is 2.77 bits per heavy atom. The zero-order valence-corrected chi connectivity index (χ0v) is 8.78. The van der Waals surface area contributed by atoms with Crippen molar-refractivity contribution in [2.24, 2.45) is 4.99 Å². The first-order valence-electron chi connectivity index (χ1n) is 4.68. The molecule has 72 valence electrons. The second-order valence-corrected chi connectivity index (χ2v) is 3.32. The molecular formula is C10H17N3. The van der Waals surface area contributed by atoms with Crippen molar-refractivity contribution < 1.29 is 0 Å². The van der Waals surface area contributed by atoms with Gasteiger partial charge in [-0.3, -0.25) is 4.99 Å². The molecule has 13 heavy (non-hydrogen) atoms. The molecule has 3 heteroatoms. The summed E-state index contributed by atoms with van der Waals surface area (Å²) in [5.41, 5.74) is 2.26. The van der Waals surface area contributed by atoms with E-state index in [2.05, 4.69) is 35.3 Å². The molecule has 1 aromatic rings. The van der Waals surface area contributed by atoms with Gasteiger partial charge in [-0.25, -0.2) is 4.98 Å². The summed E-state index contributed by atoms with van der Waals surface area (Å²) >= 11 is 0. The predicted molar refractivity (Wildman–Crippen MR) is 55.5 cm³/mol. The predicted octanol–water partition coefficient (Wildman–Crippen LogP) is 2.08. The van der Waals surface area contributed by atoms with Gasteiger partial charge in [-0.15, -0.1) is 0 Å². The third-order valence-electron chi connectivity index (χ3n) is 2.05. The van der Waals surface area contributed by atoms with Crippen LogP contribution in [0.2, 0.25) is 0 Å². The summed E-state index contributed by atoms with van der Waals surface area (Å²) in [6.45, 7) is 6.40. The molecule has 0 aliphatic heterocycles. The van der Waals surface area contributed by atoms with E-state index in [9.17, 15) is 0 Å². The average molecular weight is 179 g/mol. The summed E-state index contributed by atoms with van der Waals surface area (Å²) in [6, 6.07) is 0.445. The van der Waals surface area contributed by atoms with Crippen molar-refractivity contribution in [3.05, 3.63) is 17.7 Å². The van der Waals surface area contributed by atoms with Gasteiger partial charge in [0.1, 0.15) is 0 Å². The van der Waals surface area contributed by atoms with E-state index in [0.29, 0.717) is 6.04 Å². The van der Waals surface area contributed by atoms with E-state index < -0.39 is 0 Å². The van der Waals surface area contributed by atoms with Crippen LogP contribution in [0, 0.1) is 0 Å². The number of aryl methyl sites for hydroxylation is 1.